The highest BCUT2D eigenvalue weighted by Crippen LogP contribution is 2.39. The zero-order chi connectivity index (χ0) is 16.6. The van der Waals surface area contributed by atoms with Gasteiger partial charge in [0.25, 0.3) is 0 Å². The van der Waals surface area contributed by atoms with Gasteiger partial charge in [0.1, 0.15) is 0 Å². The lowest BCUT2D eigenvalue weighted by molar-refractivity contribution is 0.203. The molecule has 2 aliphatic rings. The molecule has 0 saturated carbocycles. The predicted octanol–water partition coefficient (Wildman–Crippen LogP) is 5.66. The van der Waals surface area contributed by atoms with E-state index in [4.69, 9.17) is 0 Å². The Morgan fingerprint density at radius 3 is 2.44 bits per heavy atom. The molecular formula is C24H23N. The molecule has 2 bridgehead atoms. The highest BCUT2D eigenvalue weighted by atomic mass is 15.2. The highest BCUT2D eigenvalue weighted by molar-refractivity contribution is 5.86. The van der Waals surface area contributed by atoms with Crippen LogP contribution in [0.4, 0.5) is 0 Å². The SMILES string of the molecule is C1=C(c2ccc3ccccc3c2)CC2CCC1N2Cc1ccccc1. The summed E-state index contributed by atoms with van der Waals surface area (Å²) < 4.78 is 0. The molecule has 2 atom stereocenters. The maximum atomic E-state index is 2.71. The normalized spacial score (nSPS) is 23.0. The van der Waals surface area contributed by atoms with E-state index in [1.165, 1.54) is 41.2 Å². The second-order valence-electron chi connectivity index (χ2n) is 7.41. The van der Waals surface area contributed by atoms with Crippen LogP contribution in [0, 0.1) is 0 Å². The van der Waals surface area contributed by atoms with E-state index in [2.05, 4.69) is 83.8 Å². The Morgan fingerprint density at radius 2 is 1.60 bits per heavy atom. The van der Waals surface area contributed by atoms with Gasteiger partial charge in [-0.05, 0) is 52.8 Å². The van der Waals surface area contributed by atoms with Gasteiger partial charge >= 0.3 is 0 Å². The van der Waals surface area contributed by atoms with Gasteiger partial charge in [0.15, 0.2) is 0 Å². The number of hydrogen-bond donors (Lipinski definition) is 0. The van der Waals surface area contributed by atoms with Crippen LogP contribution in [-0.4, -0.2) is 17.0 Å². The smallest absolute Gasteiger partial charge is 0.0291 e. The molecule has 2 aliphatic heterocycles. The average molecular weight is 325 g/mol. The third-order valence-electron chi connectivity index (χ3n) is 5.87. The molecule has 0 N–H and O–H groups in total. The molecule has 0 amide bonds. The Balaban J connectivity index is 1.43. The zero-order valence-corrected chi connectivity index (χ0v) is 14.4. The maximum absolute atomic E-state index is 2.71. The fourth-order valence-electron chi connectivity index (χ4n) is 4.56. The van der Waals surface area contributed by atoms with Gasteiger partial charge in [-0.1, -0.05) is 72.8 Å². The monoisotopic (exact) mass is 325 g/mol. The van der Waals surface area contributed by atoms with E-state index in [1.54, 1.807) is 5.57 Å². The summed E-state index contributed by atoms with van der Waals surface area (Å²) in [5.74, 6) is 0. The van der Waals surface area contributed by atoms with Crippen molar-refractivity contribution in [3.63, 3.8) is 0 Å². The fraction of sp³-hybridized carbons (Fsp3) is 0.250. The van der Waals surface area contributed by atoms with Crippen LogP contribution in [0.1, 0.15) is 30.4 Å². The van der Waals surface area contributed by atoms with Crippen molar-refractivity contribution in [1.29, 1.82) is 0 Å². The number of fused-ring (bicyclic) bond motifs is 3. The predicted molar refractivity (Wildman–Crippen MR) is 105 cm³/mol. The zero-order valence-electron chi connectivity index (χ0n) is 14.4. The molecule has 124 valence electrons. The van der Waals surface area contributed by atoms with Gasteiger partial charge in [0.05, 0.1) is 0 Å². The van der Waals surface area contributed by atoms with Crippen LogP contribution in [0.25, 0.3) is 16.3 Å². The Bertz CT molecular complexity index is 925. The fourth-order valence-corrected chi connectivity index (χ4v) is 4.56. The van der Waals surface area contributed by atoms with Crippen LogP contribution < -0.4 is 0 Å². The Labute approximate surface area is 149 Å². The molecule has 25 heavy (non-hydrogen) atoms. The van der Waals surface area contributed by atoms with Gasteiger partial charge in [-0.2, -0.15) is 0 Å². The average Bonchev–Trinajstić information content (AvgIpc) is 2.90. The van der Waals surface area contributed by atoms with E-state index in [1.807, 2.05) is 0 Å². The Hall–Kier alpha value is -2.38. The van der Waals surface area contributed by atoms with Crippen molar-refractivity contribution in [2.75, 3.05) is 0 Å². The van der Waals surface area contributed by atoms with Crippen LogP contribution in [-0.2, 0) is 6.54 Å². The van der Waals surface area contributed by atoms with Crippen LogP contribution in [0.2, 0.25) is 0 Å². The van der Waals surface area contributed by atoms with Crippen molar-refractivity contribution < 1.29 is 0 Å². The van der Waals surface area contributed by atoms with Gasteiger partial charge in [-0.3, -0.25) is 4.90 Å². The molecule has 0 radical (unpaired) electrons. The third-order valence-corrected chi connectivity index (χ3v) is 5.87. The lowest BCUT2D eigenvalue weighted by atomic mass is 9.93. The largest absolute Gasteiger partial charge is 0.289 e. The van der Waals surface area contributed by atoms with Crippen LogP contribution in [0.5, 0.6) is 0 Å². The van der Waals surface area contributed by atoms with E-state index in [0.29, 0.717) is 12.1 Å². The molecule has 0 aromatic heterocycles. The van der Waals surface area contributed by atoms with Crippen molar-refractivity contribution in [2.24, 2.45) is 0 Å². The molecule has 0 spiro atoms. The molecule has 5 rings (SSSR count). The van der Waals surface area contributed by atoms with Gasteiger partial charge < -0.3 is 0 Å². The van der Waals surface area contributed by atoms with Crippen LogP contribution in [0.3, 0.4) is 0 Å². The number of nitrogens with zero attached hydrogens (tertiary/aromatic N) is 1. The molecule has 1 saturated heterocycles. The minimum Gasteiger partial charge on any atom is -0.289 e. The van der Waals surface area contributed by atoms with Gasteiger partial charge in [0, 0.05) is 18.6 Å². The van der Waals surface area contributed by atoms with Crippen LogP contribution in [0.15, 0.2) is 78.9 Å². The standard InChI is InChI=1S/C24H23N/c1-2-6-18(7-3-1)17-25-23-12-13-24(25)16-22(15-23)21-11-10-19-8-4-5-9-20(19)14-21/h1-11,14-15,23-24H,12-13,16-17H2. The van der Waals surface area contributed by atoms with Crippen molar-refractivity contribution in [2.45, 2.75) is 37.9 Å². The minimum absolute atomic E-state index is 0.598. The summed E-state index contributed by atoms with van der Waals surface area (Å²) >= 11 is 0. The first kappa shape index (κ1) is 14.9. The molecule has 2 heterocycles. The lowest BCUT2D eigenvalue weighted by Crippen LogP contribution is -2.37. The van der Waals surface area contributed by atoms with Gasteiger partial charge in [-0.15, -0.1) is 0 Å². The van der Waals surface area contributed by atoms with Crippen molar-refractivity contribution in [1.82, 2.24) is 4.90 Å². The van der Waals surface area contributed by atoms with Crippen molar-refractivity contribution in [3.05, 3.63) is 90.0 Å². The number of rotatable bonds is 3. The molecular weight excluding hydrogens is 302 g/mol. The Kier molecular flexibility index (Phi) is 3.68. The first-order valence-electron chi connectivity index (χ1n) is 9.36. The summed E-state index contributed by atoms with van der Waals surface area (Å²) in [4.78, 5) is 2.71. The van der Waals surface area contributed by atoms with Gasteiger partial charge in [-0.25, -0.2) is 0 Å². The van der Waals surface area contributed by atoms with E-state index in [-0.39, 0.29) is 0 Å². The van der Waals surface area contributed by atoms with E-state index < -0.39 is 0 Å². The molecule has 0 aliphatic carbocycles. The number of hydrogen-bond acceptors (Lipinski definition) is 1. The Morgan fingerprint density at radius 1 is 0.800 bits per heavy atom. The van der Waals surface area contributed by atoms with Crippen LogP contribution >= 0.6 is 0 Å². The van der Waals surface area contributed by atoms with Crippen molar-refractivity contribution >= 4 is 16.3 Å². The topological polar surface area (TPSA) is 3.24 Å². The summed E-state index contributed by atoms with van der Waals surface area (Å²) in [7, 11) is 0. The second-order valence-corrected chi connectivity index (χ2v) is 7.41. The van der Waals surface area contributed by atoms with E-state index in [0.717, 1.165) is 6.54 Å². The molecule has 3 aromatic rings. The third kappa shape index (κ3) is 2.79. The molecule has 1 fully saturated rings. The lowest BCUT2D eigenvalue weighted by Gasteiger charge is -2.34. The summed E-state index contributed by atoms with van der Waals surface area (Å²) in [5.41, 5.74) is 4.39. The molecule has 1 heteroatoms. The second kappa shape index (κ2) is 6.16. The molecule has 1 nitrogen and oxygen atoms in total. The number of benzene rings is 3. The summed E-state index contributed by atoms with van der Waals surface area (Å²) in [5, 5.41) is 2.68. The van der Waals surface area contributed by atoms with E-state index in [9.17, 15) is 0 Å². The quantitative estimate of drug-likeness (QED) is 0.600. The summed E-state index contributed by atoms with van der Waals surface area (Å²) in [6.45, 7) is 1.08. The molecule has 2 unspecified atom stereocenters. The van der Waals surface area contributed by atoms with E-state index >= 15 is 0 Å². The first-order chi connectivity index (χ1) is 12.4. The highest BCUT2D eigenvalue weighted by Gasteiger charge is 2.36. The molecule has 3 aromatic carbocycles. The summed E-state index contributed by atoms with van der Waals surface area (Å²) in [6, 6.07) is 27.8. The van der Waals surface area contributed by atoms with Gasteiger partial charge in [0.2, 0.25) is 0 Å². The first-order valence-corrected chi connectivity index (χ1v) is 9.36. The maximum Gasteiger partial charge on any atom is 0.0291 e. The summed E-state index contributed by atoms with van der Waals surface area (Å²) in [6.07, 6.45) is 6.35. The van der Waals surface area contributed by atoms with Crippen molar-refractivity contribution in [3.8, 4) is 0 Å². The minimum atomic E-state index is 0.598.